The second-order valence-electron chi connectivity index (χ2n) is 12.3. The molecule has 9 unspecified atom stereocenters. The van der Waals surface area contributed by atoms with E-state index in [0.717, 1.165) is 18.4 Å². The number of ether oxygens (including phenoxy) is 4. The molecule has 2 bridgehead atoms. The molecule has 2 heterocycles. The van der Waals surface area contributed by atoms with Crippen molar-refractivity contribution in [1.82, 2.24) is 0 Å². The van der Waals surface area contributed by atoms with Gasteiger partial charge in [0.2, 0.25) is 0 Å². The zero-order valence-corrected chi connectivity index (χ0v) is 24.3. The van der Waals surface area contributed by atoms with Crippen molar-refractivity contribution in [2.24, 2.45) is 23.7 Å². The van der Waals surface area contributed by atoms with Crippen molar-refractivity contribution in [2.45, 2.75) is 135 Å². The molecule has 3 fully saturated rings. The van der Waals surface area contributed by atoms with E-state index in [0.29, 0.717) is 25.2 Å². The normalized spacial score (nSPS) is 39.0. The van der Waals surface area contributed by atoms with Crippen LogP contribution in [0.15, 0.2) is 12.2 Å². The van der Waals surface area contributed by atoms with Crippen LogP contribution in [0.3, 0.4) is 0 Å². The van der Waals surface area contributed by atoms with E-state index in [-0.39, 0.29) is 43.0 Å². The Bertz CT molecular complexity index is 895. The summed E-state index contributed by atoms with van der Waals surface area (Å²) in [5.74, 6) is -0.943. The van der Waals surface area contributed by atoms with Gasteiger partial charge in [0.25, 0.3) is 0 Å². The van der Waals surface area contributed by atoms with E-state index in [1.807, 2.05) is 20.8 Å². The number of carbonyl (C=O) groups is 3. The molecule has 1 aliphatic carbocycles. The number of rotatable bonds is 8. The van der Waals surface area contributed by atoms with Gasteiger partial charge in [-0.15, -0.1) is 0 Å². The van der Waals surface area contributed by atoms with Gasteiger partial charge >= 0.3 is 17.9 Å². The third-order valence-electron chi connectivity index (χ3n) is 8.90. The molecule has 216 valence electrons. The monoisotopic (exact) mass is 536 g/mol. The largest absolute Gasteiger partial charge is 0.459 e. The lowest BCUT2D eigenvalue weighted by molar-refractivity contribution is -0.212. The predicted molar refractivity (Wildman–Crippen MR) is 142 cm³/mol. The topological polar surface area (TPSA) is 108 Å². The Balaban J connectivity index is 2.19. The Morgan fingerprint density at radius 3 is 2.29 bits per heavy atom. The lowest BCUT2D eigenvalue weighted by Gasteiger charge is -2.47. The molecule has 2 aliphatic heterocycles. The fourth-order valence-electron chi connectivity index (χ4n) is 7.01. The van der Waals surface area contributed by atoms with E-state index in [1.165, 1.54) is 6.92 Å². The minimum atomic E-state index is -1.75. The van der Waals surface area contributed by atoms with E-state index in [9.17, 15) is 19.5 Å². The summed E-state index contributed by atoms with van der Waals surface area (Å²) in [4.78, 5) is 37.9. The highest BCUT2D eigenvalue weighted by Gasteiger charge is 2.64. The smallest absolute Gasteiger partial charge is 0.306 e. The maximum atomic E-state index is 12.9. The minimum Gasteiger partial charge on any atom is -0.459 e. The van der Waals surface area contributed by atoms with Crippen molar-refractivity contribution in [3.05, 3.63) is 12.2 Å². The zero-order chi connectivity index (χ0) is 28.4. The molecular weight excluding hydrogens is 488 g/mol. The molecule has 8 nitrogen and oxygen atoms in total. The third kappa shape index (κ3) is 6.11. The summed E-state index contributed by atoms with van der Waals surface area (Å²) in [6.45, 7) is 17.3. The quantitative estimate of drug-likeness (QED) is 0.265. The first-order chi connectivity index (χ1) is 17.8. The van der Waals surface area contributed by atoms with E-state index in [4.69, 9.17) is 18.9 Å². The van der Waals surface area contributed by atoms with E-state index in [2.05, 4.69) is 20.4 Å². The zero-order valence-electron chi connectivity index (χ0n) is 24.3. The van der Waals surface area contributed by atoms with Crippen LogP contribution < -0.4 is 0 Å². The maximum absolute atomic E-state index is 12.9. The fourth-order valence-corrected chi connectivity index (χ4v) is 7.01. The van der Waals surface area contributed by atoms with Crippen molar-refractivity contribution in [1.29, 1.82) is 0 Å². The summed E-state index contributed by atoms with van der Waals surface area (Å²) < 4.78 is 24.7. The fraction of sp³-hybridized carbons (Fsp3) is 0.833. The average molecular weight is 537 g/mol. The van der Waals surface area contributed by atoms with Crippen molar-refractivity contribution in [2.75, 3.05) is 0 Å². The molecular formula is C30H48O8. The van der Waals surface area contributed by atoms with Crippen molar-refractivity contribution in [3.8, 4) is 0 Å². The second kappa shape index (κ2) is 12.1. The summed E-state index contributed by atoms with van der Waals surface area (Å²) in [7, 11) is 0. The van der Waals surface area contributed by atoms with Crippen LogP contribution in [0.25, 0.3) is 0 Å². The van der Waals surface area contributed by atoms with Crippen LogP contribution in [-0.2, 0) is 33.3 Å². The van der Waals surface area contributed by atoms with Gasteiger partial charge in [-0.3, -0.25) is 14.4 Å². The first kappa shape index (κ1) is 30.6. The van der Waals surface area contributed by atoms with E-state index >= 15 is 0 Å². The molecule has 3 rings (SSSR count). The van der Waals surface area contributed by atoms with Gasteiger partial charge in [0.1, 0.15) is 29.5 Å². The van der Waals surface area contributed by atoms with Gasteiger partial charge in [0, 0.05) is 31.6 Å². The lowest BCUT2D eigenvalue weighted by atomic mass is 9.60. The first-order valence-corrected chi connectivity index (χ1v) is 14.4. The van der Waals surface area contributed by atoms with Crippen LogP contribution in [-0.4, -0.2) is 58.6 Å². The second-order valence-corrected chi connectivity index (χ2v) is 12.3. The van der Waals surface area contributed by atoms with Gasteiger partial charge in [-0.1, -0.05) is 39.8 Å². The molecule has 1 N–H and O–H groups in total. The van der Waals surface area contributed by atoms with Crippen LogP contribution in [0.1, 0.15) is 99.8 Å². The van der Waals surface area contributed by atoms with Crippen molar-refractivity contribution < 1.29 is 38.4 Å². The van der Waals surface area contributed by atoms with Gasteiger partial charge < -0.3 is 24.1 Å². The Morgan fingerprint density at radius 1 is 1.08 bits per heavy atom. The standard InChI is InChI=1S/C30H48O8/c1-9-11-22(32)36-28-26-24-18(5)13-14-20(17(3)4)25(24)27(37-26)29(7,38-23(33)12-10-2)16-15-21(30(28,8)34)35-19(6)31/h17,20-21,24-28,34H,5,9-16H2,1-4,6-8H3. The van der Waals surface area contributed by atoms with Crippen LogP contribution in [0.5, 0.6) is 0 Å². The molecule has 0 radical (unpaired) electrons. The molecule has 1 saturated carbocycles. The lowest BCUT2D eigenvalue weighted by Crippen LogP contribution is -2.59. The SMILES string of the molecule is C=C1CCC(C(C)C)C2C1C1OC2C(C)(OC(=O)CCC)CCC(OC(C)=O)C(C)(O)C1OC(=O)CCC. The summed E-state index contributed by atoms with van der Waals surface area (Å²) in [5.41, 5.74) is -1.80. The highest BCUT2D eigenvalue weighted by molar-refractivity contribution is 5.70. The number of aliphatic hydroxyl groups is 1. The Morgan fingerprint density at radius 2 is 1.71 bits per heavy atom. The Kier molecular flexibility index (Phi) is 9.72. The molecule has 2 saturated heterocycles. The van der Waals surface area contributed by atoms with Crippen molar-refractivity contribution in [3.63, 3.8) is 0 Å². The number of esters is 3. The van der Waals surface area contributed by atoms with Gasteiger partial charge in [-0.05, 0) is 64.2 Å². The van der Waals surface area contributed by atoms with Crippen LogP contribution in [0, 0.1) is 23.7 Å². The molecule has 9 atom stereocenters. The molecule has 8 heteroatoms. The summed E-state index contributed by atoms with van der Waals surface area (Å²) >= 11 is 0. The highest BCUT2D eigenvalue weighted by Crippen LogP contribution is 2.56. The van der Waals surface area contributed by atoms with Gasteiger partial charge in [0.15, 0.2) is 6.10 Å². The number of hydrogen-bond donors (Lipinski definition) is 1. The van der Waals surface area contributed by atoms with Crippen LogP contribution in [0.4, 0.5) is 0 Å². The molecule has 0 aromatic rings. The average Bonchev–Trinajstić information content (AvgIpc) is 3.22. The number of carbonyl (C=O) groups excluding carboxylic acids is 3. The molecule has 0 aromatic carbocycles. The number of fused-ring (bicyclic) bond motifs is 5. The van der Waals surface area contributed by atoms with E-state index < -0.39 is 47.6 Å². The van der Waals surface area contributed by atoms with Crippen molar-refractivity contribution >= 4 is 17.9 Å². The maximum Gasteiger partial charge on any atom is 0.306 e. The molecule has 38 heavy (non-hydrogen) atoms. The Labute approximate surface area is 227 Å². The van der Waals surface area contributed by atoms with Gasteiger partial charge in [-0.2, -0.15) is 0 Å². The highest BCUT2D eigenvalue weighted by atomic mass is 16.6. The summed E-state index contributed by atoms with van der Waals surface area (Å²) in [6, 6.07) is 0. The predicted octanol–water partition coefficient (Wildman–Crippen LogP) is 4.90. The van der Waals surface area contributed by atoms with Gasteiger partial charge in [0.05, 0.1) is 0 Å². The van der Waals surface area contributed by atoms with Crippen LogP contribution in [0.2, 0.25) is 0 Å². The molecule has 0 aromatic heterocycles. The minimum absolute atomic E-state index is 0.0332. The molecule has 0 amide bonds. The number of hydrogen-bond acceptors (Lipinski definition) is 8. The van der Waals surface area contributed by atoms with Gasteiger partial charge in [-0.25, -0.2) is 0 Å². The third-order valence-corrected chi connectivity index (χ3v) is 8.90. The molecule has 0 spiro atoms. The first-order valence-electron chi connectivity index (χ1n) is 14.4. The summed E-state index contributed by atoms with van der Waals surface area (Å²) in [5, 5.41) is 12.0. The molecule has 3 aliphatic rings. The van der Waals surface area contributed by atoms with Crippen LogP contribution >= 0.6 is 0 Å². The van der Waals surface area contributed by atoms with E-state index in [1.54, 1.807) is 6.92 Å². The Hall–Kier alpha value is -1.93. The summed E-state index contributed by atoms with van der Waals surface area (Å²) in [6.07, 6.45) is 0.657.